The van der Waals surface area contributed by atoms with E-state index in [1.54, 1.807) is 30.2 Å². The van der Waals surface area contributed by atoms with Crippen LogP contribution in [0.1, 0.15) is 16.8 Å². The molecule has 0 fully saturated rings. The van der Waals surface area contributed by atoms with Gasteiger partial charge in [-0.1, -0.05) is 18.2 Å². The van der Waals surface area contributed by atoms with Gasteiger partial charge >= 0.3 is 7.60 Å². The first-order valence-electron chi connectivity index (χ1n) is 6.18. The zero-order valence-electron chi connectivity index (χ0n) is 11.8. The normalized spacial score (nSPS) is 21.9. The van der Waals surface area contributed by atoms with E-state index >= 15 is 0 Å². The Morgan fingerprint density at radius 3 is 2.45 bits per heavy atom. The third kappa shape index (κ3) is 1.71. The van der Waals surface area contributed by atoms with Crippen LogP contribution in [0.5, 0.6) is 0 Å². The number of hydrogen-bond acceptors (Lipinski definition) is 5. The van der Waals surface area contributed by atoms with Crippen LogP contribution in [-0.2, 0) is 13.6 Å². The molecule has 0 amide bonds. The van der Waals surface area contributed by atoms with E-state index in [1.807, 2.05) is 12.1 Å². The van der Waals surface area contributed by atoms with E-state index < -0.39 is 12.9 Å². The molecule has 5 nitrogen and oxygen atoms in total. The minimum Gasteiger partial charge on any atom is -0.351 e. The van der Waals surface area contributed by atoms with Crippen LogP contribution in [-0.4, -0.2) is 32.3 Å². The first-order valence-corrected chi connectivity index (χ1v) is 7.73. The summed E-state index contributed by atoms with van der Waals surface area (Å²) in [6.45, 7) is 3.67. The minimum absolute atomic E-state index is 0.177. The highest BCUT2D eigenvalue weighted by Crippen LogP contribution is 2.66. The van der Waals surface area contributed by atoms with Crippen molar-refractivity contribution in [2.24, 2.45) is 0 Å². The zero-order chi connectivity index (χ0) is 15.0. The number of ketones is 1. The van der Waals surface area contributed by atoms with E-state index in [1.165, 1.54) is 14.2 Å². The molecule has 1 aliphatic rings. The summed E-state index contributed by atoms with van der Waals surface area (Å²) in [6, 6.07) is 7.14. The molecule has 0 aromatic heterocycles. The van der Waals surface area contributed by atoms with Gasteiger partial charge < -0.3 is 13.9 Å². The van der Waals surface area contributed by atoms with Gasteiger partial charge in [-0.3, -0.25) is 9.36 Å². The molecular formula is C14H18NO4P. The Hall–Kier alpha value is -1.42. The molecule has 1 aliphatic heterocycles. The fourth-order valence-corrected chi connectivity index (χ4v) is 4.70. The van der Waals surface area contributed by atoms with Crippen molar-refractivity contribution < 1.29 is 18.4 Å². The lowest BCUT2D eigenvalue weighted by Crippen LogP contribution is -2.48. The van der Waals surface area contributed by atoms with Gasteiger partial charge in [0, 0.05) is 38.9 Å². The second-order valence-corrected chi connectivity index (χ2v) is 7.04. The molecule has 0 saturated carbocycles. The minimum atomic E-state index is -3.67. The Labute approximate surface area is 118 Å². The Morgan fingerprint density at radius 1 is 1.35 bits per heavy atom. The Bertz CT molecular complexity index is 593. The number of rotatable bonds is 5. The van der Waals surface area contributed by atoms with Crippen molar-refractivity contribution in [3.63, 3.8) is 0 Å². The predicted octanol–water partition coefficient (Wildman–Crippen LogP) is 3.08. The van der Waals surface area contributed by atoms with Crippen molar-refractivity contribution in [3.05, 3.63) is 42.5 Å². The summed E-state index contributed by atoms with van der Waals surface area (Å²) in [7, 11) is 0.636. The van der Waals surface area contributed by atoms with Gasteiger partial charge in [-0.2, -0.15) is 0 Å². The quantitative estimate of drug-likeness (QED) is 0.617. The lowest BCUT2D eigenvalue weighted by atomic mass is 10.1. The molecule has 0 N–H and O–H groups in total. The van der Waals surface area contributed by atoms with E-state index in [-0.39, 0.29) is 12.2 Å². The second-order valence-electron chi connectivity index (χ2n) is 4.58. The molecule has 0 bridgehead atoms. The predicted molar refractivity (Wildman–Crippen MR) is 78.3 cm³/mol. The van der Waals surface area contributed by atoms with Gasteiger partial charge in [0.15, 0.2) is 0 Å². The number of carbonyl (C=O) groups excluding carboxylic acids is 1. The number of anilines is 1. The number of carbonyl (C=O) groups is 1. The molecule has 0 saturated heterocycles. The highest BCUT2D eigenvalue weighted by molar-refractivity contribution is 7.57. The molecule has 1 aromatic carbocycles. The summed E-state index contributed by atoms with van der Waals surface area (Å²) in [6.07, 6.45) is 1.74. The van der Waals surface area contributed by atoms with Crippen molar-refractivity contribution in [3.8, 4) is 0 Å². The number of Topliss-reactive ketones (excluding diaryl/α,β-unsaturated/α-hetero) is 1. The largest absolute Gasteiger partial charge is 0.363 e. The number of para-hydroxylation sites is 1. The van der Waals surface area contributed by atoms with Gasteiger partial charge in [0.1, 0.15) is 0 Å². The van der Waals surface area contributed by atoms with Gasteiger partial charge in [0.2, 0.25) is 11.1 Å². The SMILES string of the molecule is C=CCC1(P(=O)(OC)OC)C(=O)c2ccccc2N1C. The molecule has 2 rings (SSSR count). The third-order valence-electron chi connectivity index (χ3n) is 3.79. The van der Waals surface area contributed by atoms with Gasteiger partial charge in [-0.15, -0.1) is 6.58 Å². The molecule has 0 radical (unpaired) electrons. The average Bonchev–Trinajstić information content (AvgIpc) is 2.70. The van der Waals surface area contributed by atoms with Crippen molar-refractivity contribution in [2.75, 3.05) is 26.2 Å². The average molecular weight is 295 g/mol. The van der Waals surface area contributed by atoms with Gasteiger partial charge in [-0.25, -0.2) is 0 Å². The number of benzene rings is 1. The number of likely N-dealkylation sites (N-methyl/N-ethyl adjacent to an activating group) is 1. The van der Waals surface area contributed by atoms with E-state index in [4.69, 9.17) is 9.05 Å². The fraction of sp³-hybridized carbons (Fsp3) is 0.357. The molecule has 20 heavy (non-hydrogen) atoms. The molecule has 1 heterocycles. The third-order valence-corrected chi connectivity index (χ3v) is 6.34. The Balaban J connectivity index is 2.71. The van der Waals surface area contributed by atoms with Crippen molar-refractivity contribution in [1.82, 2.24) is 0 Å². The first kappa shape index (κ1) is 15.0. The number of nitrogens with zero attached hydrogens (tertiary/aromatic N) is 1. The molecule has 1 unspecified atom stereocenters. The zero-order valence-corrected chi connectivity index (χ0v) is 12.7. The smallest absolute Gasteiger partial charge is 0.351 e. The van der Waals surface area contributed by atoms with Crippen LogP contribution in [0.15, 0.2) is 36.9 Å². The molecule has 1 aromatic rings. The molecule has 6 heteroatoms. The molecule has 0 spiro atoms. The van der Waals surface area contributed by atoms with Crippen LogP contribution in [0.25, 0.3) is 0 Å². The van der Waals surface area contributed by atoms with Crippen molar-refractivity contribution in [2.45, 2.75) is 11.7 Å². The maximum Gasteiger partial charge on any atom is 0.363 e. The number of fused-ring (bicyclic) bond motifs is 1. The molecule has 1 atom stereocenters. The van der Waals surface area contributed by atoms with Crippen LogP contribution in [0.4, 0.5) is 5.69 Å². The first-order chi connectivity index (χ1) is 9.48. The van der Waals surface area contributed by atoms with Crippen LogP contribution in [0.3, 0.4) is 0 Å². The fourth-order valence-electron chi connectivity index (χ4n) is 2.75. The summed E-state index contributed by atoms with van der Waals surface area (Å²) >= 11 is 0. The maximum atomic E-state index is 13.0. The standard InChI is InChI=1S/C14H18NO4P/c1-5-10-14(20(17,18-3)19-4)13(16)11-8-6-7-9-12(11)15(14)2/h5-9H,1,10H2,2-4H3. The molecule has 0 aliphatic carbocycles. The summed E-state index contributed by atoms with van der Waals surface area (Å²) in [5.41, 5.74) is 1.24. The number of hydrogen-bond donors (Lipinski definition) is 0. The monoisotopic (exact) mass is 295 g/mol. The summed E-state index contributed by atoms with van der Waals surface area (Å²) in [5, 5.41) is -1.39. The molecule has 108 valence electrons. The summed E-state index contributed by atoms with van der Waals surface area (Å²) in [4.78, 5) is 14.5. The van der Waals surface area contributed by atoms with E-state index in [9.17, 15) is 9.36 Å². The van der Waals surface area contributed by atoms with Crippen LogP contribution in [0, 0.1) is 0 Å². The van der Waals surface area contributed by atoms with Crippen molar-refractivity contribution >= 4 is 19.1 Å². The van der Waals surface area contributed by atoms with Crippen LogP contribution in [0.2, 0.25) is 0 Å². The van der Waals surface area contributed by atoms with Gasteiger partial charge in [0.05, 0.1) is 0 Å². The lowest BCUT2D eigenvalue weighted by Gasteiger charge is -2.38. The van der Waals surface area contributed by atoms with E-state index in [0.29, 0.717) is 11.3 Å². The van der Waals surface area contributed by atoms with Crippen molar-refractivity contribution in [1.29, 1.82) is 0 Å². The second kappa shape index (κ2) is 5.17. The van der Waals surface area contributed by atoms with Gasteiger partial charge in [-0.05, 0) is 12.1 Å². The topological polar surface area (TPSA) is 55.8 Å². The summed E-state index contributed by atoms with van der Waals surface area (Å²) in [5.74, 6) is -0.262. The highest BCUT2D eigenvalue weighted by Gasteiger charge is 2.62. The van der Waals surface area contributed by atoms with E-state index in [0.717, 1.165) is 0 Å². The van der Waals surface area contributed by atoms with Crippen LogP contribution >= 0.6 is 7.60 Å². The molecular weight excluding hydrogens is 277 g/mol. The van der Waals surface area contributed by atoms with Crippen LogP contribution < -0.4 is 4.90 Å². The van der Waals surface area contributed by atoms with Gasteiger partial charge in [0.25, 0.3) is 0 Å². The highest BCUT2D eigenvalue weighted by atomic mass is 31.2. The lowest BCUT2D eigenvalue weighted by molar-refractivity contribution is 0.0928. The maximum absolute atomic E-state index is 13.0. The Kier molecular flexibility index (Phi) is 3.87. The summed E-state index contributed by atoms with van der Waals surface area (Å²) < 4.78 is 23.2. The Morgan fingerprint density at radius 2 is 1.95 bits per heavy atom. The van der Waals surface area contributed by atoms with E-state index in [2.05, 4.69) is 6.58 Å².